The van der Waals surface area contributed by atoms with Gasteiger partial charge in [-0.25, -0.2) is 12.7 Å². The van der Waals surface area contributed by atoms with Gasteiger partial charge in [-0.1, -0.05) is 12.8 Å². The summed E-state index contributed by atoms with van der Waals surface area (Å²) in [6, 6.07) is 0. The van der Waals surface area contributed by atoms with Gasteiger partial charge in [-0.2, -0.15) is 0 Å². The SMILES string of the molecule is CN(C)S(=O)(=O)C1(C=O)CCCC1. The fourth-order valence-electron chi connectivity index (χ4n) is 1.77. The molecule has 76 valence electrons. The third kappa shape index (κ3) is 1.50. The average molecular weight is 205 g/mol. The van der Waals surface area contributed by atoms with Crippen molar-refractivity contribution in [3.63, 3.8) is 0 Å². The molecular formula is C8H15NO3S. The molecule has 0 bridgehead atoms. The van der Waals surface area contributed by atoms with Crippen molar-refractivity contribution in [1.29, 1.82) is 0 Å². The lowest BCUT2D eigenvalue weighted by Gasteiger charge is -2.25. The maximum Gasteiger partial charge on any atom is 0.226 e. The minimum absolute atomic E-state index is 0.469. The molecular weight excluding hydrogens is 190 g/mol. The van der Waals surface area contributed by atoms with Gasteiger partial charge in [0.15, 0.2) is 0 Å². The smallest absolute Gasteiger partial charge is 0.226 e. The van der Waals surface area contributed by atoms with E-state index in [1.54, 1.807) is 0 Å². The highest BCUT2D eigenvalue weighted by atomic mass is 32.2. The van der Waals surface area contributed by atoms with Crippen LogP contribution in [-0.2, 0) is 14.8 Å². The van der Waals surface area contributed by atoms with E-state index in [4.69, 9.17) is 0 Å². The Morgan fingerprint density at radius 1 is 1.23 bits per heavy atom. The summed E-state index contributed by atoms with van der Waals surface area (Å²) in [5.41, 5.74) is 0. The number of hydrogen-bond acceptors (Lipinski definition) is 3. The number of sulfonamides is 1. The first-order valence-corrected chi connectivity index (χ1v) is 5.79. The average Bonchev–Trinajstić information content (AvgIpc) is 2.53. The van der Waals surface area contributed by atoms with Gasteiger partial charge in [-0.05, 0) is 12.8 Å². The zero-order chi connectivity index (χ0) is 10.1. The first-order valence-electron chi connectivity index (χ1n) is 4.35. The fraction of sp³-hybridized carbons (Fsp3) is 0.875. The van der Waals surface area contributed by atoms with Crippen LogP contribution in [0.25, 0.3) is 0 Å². The predicted octanol–water partition coefficient (Wildman–Crippen LogP) is 0.389. The van der Waals surface area contributed by atoms with Crippen molar-refractivity contribution in [2.45, 2.75) is 30.4 Å². The van der Waals surface area contributed by atoms with Crippen LogP contribution in [0.3, 0.4) is 0 Å². The quantitative estimate of drug-likeness (QED) is 0.626. The van der Waals surface area contributed by atoms with Gasteiger partial charge in [0.25, 0.3) is 0 Å². The monoisotopic (exact) mass is 205 g/mol. The van der Waals surface area contributed by atoms with E-state index in [1.807, 2.05) is 0 Å². The summed E-state index contributed by atoms with van der Waals surface area (Å²) >= 11 is 0. The van der Waals surface area contributed by atoms with Gasteiger partial charge in [0, 0.05) is 14.1 Å². The van der Waals surface area contributed by atoms with E-state index in [2.05, 4.69) is 0 Å². The van der Waals surface area contributed by atoms with Gasteiger partial charge in [-0.3, -0.25) is 0 Å². The molecule has 0 N–H and O–H groups in total. The molecule has 0 aromatic heterocycles. The van der Waals surface area contributed by atoms with Gasteiger partial charge < -0.3 is 4.79 Å². The highest BCUT2D eigenvalue weighted by Gasteiger charge is 2.47. The molecule has 0 spiro atoms. The molecule has 0 amide bonds. The van der Waals surface area contributed by atoms with E-state index in [1.165, 1.54) is 14.1 Å². The lowest BCUT2D eigenvalue weighted by Crippen LogP contribution is -2.44. The van der Waals surface area contributed by atoms with Crippen LogP contribution in [0.15, 0.2) is 0 Å². The zero-order valence-electron chi connectivity index (χ0n) is 7.99. The number of rotatable bonds is 3. The van der Waals surface area contributed by atoms with E-state index in [0.29, 0.717) is 19.1 Å². The van der Waals surface area contributed by atoms with Crippen molar-refractivity contribution in [2.24, 2.45) is 0 Å². The largest absolute Gasteiger partial charge is 0.302 e. The van der Waals surface area contributed by atoms with Crippen LogP contribution in [0, 0.1) is 0 Å². The Morgan fingerprint density at radius 2 is 1.69 bits per heavy atom. The second-order valence-electron chi connectivity index (χ2n) is 3.68. The lowest BCUT2D eigenvalue weighted by molar-refractivity contribution is -0.109. The normalized spacial score (nSPS) is 22.1. The summed E-state index contributed by atoms with van der Waals surface area (Å²) in [5, 5.41) is 0. The van der Waals surface area contributed by atoms with Gasteiger partial charge in [0.1, 0.15) is 11.0 Å². The molecule has 0 radical (unpaired) electrons. The van der Waals surface area contributed by atoms with Gasteiger partial charge in [0.2, 0.25) is 10.0 Å². The maximum atomic E-state index is 11.8. The Morgan fingerprint density at radius 3 is 2.00 bits per heavy atom. The molecule has 5 heteroatoms. The standard InChI is InChI=1S/C8H15NO3S/c1-9(2)13(11,12)8(7-10)5-3-4-6-8/h7H,3-6H2,1-2H3. The molecule has 0 atom stereocenters. The van der Waals surface area contributed by atoms with Crippen molar-refractivity contribution in [3.05, 3.63) is 0 Å². The molecule has 1 saturated carbocycles. The van der Waals surface area contributed by atoms with Crippen LogP contribution >= 0.6 is 0 Å². The van der Waals surface area contributed by atoms with Crippen LogP contribution < -0.4 is 0 Å². The van der Waals surface area contributed by atoms with E-state index in [-0.39, 0.29) is 0 Å². The molecule has 0 unspecified atom stereocenters. The second kappa shape index (κ2) is 3.38. The number of hydrogen-bond donors (Lipinski definition) is 0. The van der Waals surface area contributed by atoms with Crippen LogP contribution in [0.2, 0.25) is 0 Å². The highest BCUT2D eigenvalue weighted by molar-refractivity contribution is 7.91. The topological polar surface area (TPSA) is 54.5 Å². The molecule has 4 nitrogen and oxygen atoms in total. The Balaban J connectivity index is 3.08. The Bertz CT molecular complexity index is 289. The van der Waals surface area contributed by atoms with Crippen molar-refractivity contribution in [3.8, 4) is 0 Å². The second-order valence-corrected chi connectivity index (χ2v) is 6.17. The molecule has 1 aliphatic carbocycles. The van der Waals surface area contributed by atoms with Crippen molar-refractivity contribution < 1.29 is 13.2 Å². The highest BCUT2D eigenvalue weighted by Crippen LogP contribution is 2.36. The lowest BCUT2D eigenvalue weighted by atomic mass is 10.1. The van der Waals surface area contributed by atoms with Crippen LogP contribution in [0.5, 0.6) is 0 Å². The number of carbonyl (C=O) groups is 1. The molecule has 1 fully saturated rings. The zero-order valence-corrected chi connectivity index (χ0v) is 8.80. The Hall–Kier alpha value is -0.420. The van der Waals surface area contributed by atoms with Gasteiger partial charge in [-0.15, -0.1) is 0 Å². The number of aldehydes is 1. The number of nitrogens with zero attached hydrogens (tertiary/aromatic N) is 1. The summed E-state index contributed by atoms with van der Waals surface area (Å²) < 4.78 is 23.6. The molecule has 0 heterocycles. The fourth-order valence-corrected chi connectivity index (χ4v) is 3.43. The minimum Gasteiger partial charge on any atom is -0.302 e. The molecule has 0 aromatic rings. The van der Waals surface area contributed by atoms with Crippen molar-refractivity contribution in [2.75, 3.05) is 14.1 Å². The van der Waals surface area contributed by atoms with Crippen LogP contribution in [0.4, 0.5) is 0 Å². The van der Waals surface area contributed by atoms with E-state index in [0.717, 1.165) is 17.1 Å². The predicted molar refractivity (Wildman–Crippen MR) is 49.9 cm³/mol. The molecule has 0 saturated heterocycles. The Kier molecular flexibility index (Phi) is 2.77. The van der Waals surface area contributed by atoms with E-state index in [9.17, 15) is 13.2 Å². The summed E-state index contributed by atoms with van der Waals surface area (Å²) in [6.45, 7) is 0. The van der Waals surface area contributed by atoms with Crippen LogP contribution in [0.1, 0.15) is 25.7 Å². The van der Waals surface area contributed by atoms with Crippen molar-refractivity contribution in [1.82, 2.24) is 4.31 Å². The first kappa shape index (κ1) is 10.7. The third-order valence-corrected chi connectivity index (χ3v) is 5.15. The molecule has 0 aliphatic heterocycles. The van der Waals surface area contributed by atoms with Crippen LogP contribution in [-0.4, -0.2) is 37.9 Å². The molecule has 13 heavy (non-hydrogen) atoms. The molecule has 1 rings (SSSR count). The number of carbonyl (C=O) groups excluding carboxylic acids is 1. The summed E-state index contributed by atoms with van der Waals surface area (Å²) in [5.74, 6) is 0. The van der Waals surface area contributed by atoms with Crippen molar-refractivity contribution >= 4 is 16.3 Å². The molecule has 1 aliphatic rings. The first-order chi connectivity index (χ1) is 5.96. The van der Waals surface area contributed by atoms with E-state index < -0.39 is 14.8 Å². The van der Waals surface area contributed by atoms with E-state index >= 15 is 0 Å². The maximum absolute atomic E-state index is 11.8. The summed E-state index contributed by atoms with van der Waals surface area (Å²) in [7, 11) is -0.481. The van der Waals surface area contributed by atoms with Gasteiger partial charge in [0.05, 0.1) is 0 Å². The summed E-state index contributed by atoms with van der Waals surface area (Å²) in [4.78, 5) is 10.9. The minimum atomic E-state index is -3.42. The molecule has 0 aromatic carbocycles. The van der Waals surface area contributed by atoms with Gasteiger partial charge >= 0.3 is 0 Å². The Labute approximate surface area is 79.0 Å². The summed E-state index contributed by atoms with van der Waals surface area (Å²) in [6.07, 6.45) is 3.20. The third-order valence-electron chi connectivity index (χ3n) is 2.66.